The number of hydrogen-bond acceptors (Lipinski definition) is 2. The van der Waals surface area contributed by atoms with Crippen LogP contribution < -0.4 is 5.43 Å². The van der Waals surface area contributed by atoms with Crippen LogP contribution in [0.1, 0.15) is 17.5 Å². The van der Waals surface area contributed by atoms with Crippen molar-refractivity contribution in [2.24, 2.45) is 5.10 Å². The van der Waals surface area contributed by atoms with Gasteiger partial charge in [-0.15, -0.1) is 10.5 Å². The molecule has 0 saturated carbocycles. The van der Waals surface area contributed by atoms with Crippen molar-refractivity contribution in [2.45, 2.75) is 6.42 Å². The van der Waals surface area contributed by atoms with Crippen molar-refractivity contribution < 1.29 is 4.79 Å². The van der Waals surface area contributed by atoms with Gasteiger partial charge in [-0.25, -0.2) is 14.8 Å². The zero-order valence-corrected chi connectivity index (χ0v) is 20.1. The molecule has 4 aromatic carbocycles. The average Bonchev–Trinajstić information content (AvgIpc) is 3.43. The summed E-state index contributed by atoms with van der Waals surface area (Å²) in [7, 11) is 3.26. The molecule has 1 aliphatic heterocycles. The van der Waals surface area contributed by atoms with Crippen LogP contribution in [0.2, 0.25) is 0 Å². The number of carbonyl (C=O) groups is 1. The van der Waals surface area contributed by atoms with E-state index in [0.29, 0.717) is 5.84 Å². The van der Waals surface area contributed by atoms with Crippen molar-refractivity contribution in [3.63, 3.8) is 0 Å². The number of urea groups is 1. The Morgan fingerprint density at radius 3 is 1.94 bits per heavy atom. The topological polar surface area (TPSA) is 50.0 Å². The summed E-state index contributed by atoms with van der Waals surface area (Å²) in [6.07, 6.45) is 7.17. The van der Waals surface area contributed by atoms with Gasteiger partial charge < -0.3 is 0 Å². The molecule has 5 nitrogen and oxygen atoms in total. The van der Waals surface area contributed by atoms with Crippen molar-refractivity contribution >= 4 is 33.4 Å². The van der Waals surface area contributed by atoms with Crippen LogP contribution in [0, 0.1) is 11.8 Å². The third kappa shape index (κ3) is 3.70. The quantitative estimate of drug-likeness (QED) is 0.261. The Hall–Kier alpha value is -4.82. The Labute approximate surface area is 210 Å². The van der Waals surface area contributed by atoms with E-state index in [1.54, 1.807) is 14.1 Å². The first-order valence-corrected chi connectivity index (χ1v) is 11.8. The Balaban J connectivity index is 1.51. The molecule has 0 saturated heterocycles. The molecule has 2 amide bonds. The number of hydrogen-bond donors (Lipinski definition) is 0. The van der Waals surface area contributed by atoms with Gasteiger partial charge in [-0.3, -0.25) is 0 Å². The van der Waals surface area contributed by atoms with Crippen molar-refractivity contribution in [3.05, 3.63) is 108 Å². The van der Waals surface area contributed by atoms with Gasteiger partial charge in [0.2, 0.25) is 0 Å². The van der Waals surface area contributed by atoms with E-state index < -0.39 is 0 Å². The standard InChI is InChI=1S/C31H23N4O/c1-34-31(36)35(2)33-30(32-34)23-18-16-22(17-19-23)29-27-13-7-5-11-24(27)26(20-15-21-9-3-4-10-21)25-12-6-8-14-28(25)29/h3-9,11-14,16-19H,10H2,1-2H3. The van der Waals surface area contributed by atoms with Crippen LogP contribution in [0.4, 0.5) is 4.79 Å². The average molecular weight is 468 g/mol. The minimum atomic E-state index is -0.267. The summed E-state index contributed by atoms with van der Waals surface area (Å²) in [5.41, 5.74) is 9.63. The lowest BCUT2D eigenvalue weighted by Crippen LogP contribution is -2.48. The van der Waals surface area contributed by atoms with E-state index in [4.69, 9.17) is 0 Å². The highest BCUT2D eigenvalue weighted by Crippen LogP contribution is 2.39. The molecular formula is C31H23N4O. The highest BCUT2D eigenvalue weighted by molar-refractivity contribution is 6.16. The second kappa shape index (κ2) is 8.75. The van der Waals surface area contributed by atoms with Gasteiger partial charge in [0.05, 0.1) is 0 Å². The van der Waals surface area contributed by atoms with Crippen LogP contribution in [0.5, 0.6) is 0 Å². The summed E-state index contributed by atoms with van der Waals surface area (Å²) in [6.45, 7) is 0. The van der Waals surface area contributed by atoms with E-state index in [9.17, 15) is 4.79 Å². The van der Waals surface area contributed by atoms with Crippen molar-refractivity contribution in [1.29, 1.82) is 0 Å². The molecule has 0 aromatic heterocycles. The van der Waals surface area contributed by atoms with Gasteiger partial charge in [0.15, 0.2) is 5.84 Å². The largest absolute Gasteiger partial charge is 0.360 e. The molecule has 0 fully saturated rings. The van der Waals surface area contributed by atoms with Gasteiger partial charge in [0.1, 0.15) is 0 Å². The van der Waals surface area contributed by atoms with E-state index in [1.807, 2.05) is 12.1 Å². The maximum atomic E-state index is 12.0. The van der Waals surface area contributed by atoms with Gasteiger partial charge in [-0.1, -0.05) is 103 Å². The lowest BCUT2D eigenvalue weighted by Gasteiger charge is -2.26. The number of hydrazone groups is 1. The third-order valence-corrected chi connectivity index (χ3v) is 6.53. The molecule has 1 heterocycles. The first-order chi connectivity index (χ1) is 17.6. The molecule has 1 aliphatic carbocycles. The number of amidine groups is 1. The van der Waals surface area contributed by atoms with E-state index in [1.165, 1.54) is 15.6 Å². The third-order valence-electron chi connectivity index (χ3n) is 6.53. The summed E-state index contributed by atoms with van der Waals surface area (Å²) >= 11 is 0. The zero-order chi connectivity index (χ0) is 24.6. The molecule has 0 unspecified atom stereocenters. The molecule has 6 rings (SSSR count). The molecule has 1 radical (unpaired) electrons. The minimum Gasteiger partial charge on any atom is -0.244 e. The summed E-state index contributed by atoms with van der Waals surface area (Å²) in [4.78, 5) is 12.0. The van der Waals surface area contributed by atoms with E-state index in [-0.39, 0.29) is 6.03 Å². The number of benzene rings is 4. The van der Waals surface area contributed by atoms with E-state index in [2.05, 4.69) is 101 Å². The molecule has 0 spiro atoms. The predicted molar refractivity (Wildman–Crippen MR) is 145 cm³/mol. The van der Waals surface area contributed by atoms with Gasteiger partial charge in [0, 0.05) is 30.8 Å². The lowest BCUT2D eigenvalue weighted by molar-refractivity contribution is 0.155. The second-order valence-corrected chi connectivity index (χ2v) is 8.85. The Morgan fingerprint density at radius 1 is 0.750 bits per heavy atom. The first-order valence-electron chi connectivity index (χ1n) is 11.8. The number of rotatable bonds is 2. The van der Waals surface area contributed by atoms with Crippen LogP contribution in [-0.4, -0.2) is 36.0 Å². The normalized spacial score (nSPS) is 15.0. The number of nitrogens with zero attached hydrogens (tertiary/aromatic N) is 4. The molecular weight excluding hydrogens is 444 g/mol. The Morgan fingerprint density at radius 2 is 1.36 bits per heavy atom. The fourth-order valence-electron chi connectivity index (χ4n) is 4.76. The summed E-state index contributed by atoms with van der Waals surface area (Å²) in [5, 5.41) is 11.5. The molecule has 0 atom stereocenters. The lowest BCUT2D eigenvalue weighted by atomic mass is 9.88. The van der Waals surface area contributed by atoms with Crippen LogP contribution in [0.25, 0.3) is 32.7 Å². The summed E-state index contributed by atoms with van der Waals surface area (Å²) in [5.74, 6) is 7.38. The maximum absolute atomic E-state index is 12.0. The predicted octanol–water partition coefficient (Wildman–Crippen LogP) is 6.08. The van der Waals surface area contributed by atoms with Crippen LogP contribution >= 0.6 is 0 Å². The van der Waals surface area contributed by atoms with Crippen LogP contribution in [0.3, 0.4) is 0 Å². The second-order valence-electron chi connectivity index (χ2n) is 8.85. The monoisotopic (exact) mass is 467 g/mol. The van der Waals surface area contributed by atoms with Gasteiger partial charge in [-0.2, -0.15) is 0 Å². The van der Waals surface area contributed by atoms with Crippen molar-refractivity contribution in [3.8, 4) is 23.0 Å². The number of fused-ring (bicyclic) bond motifs is 2. The van der Waals surface area contributed by atoms with Crippen LogP contribution in [0.15, 0.2) is 102 Å². The minimum absolute atomic E-state index is 0.267. The fourth-order valence-corrected chi connectivity index (χ4v) is 4.76. The highest BCUT2D eigenvalue weighted by atomic mass is 16.2. The van der Waals surface area contributed by atoms with Gasteiger partial charge in [-0.05, 0) is 39.1 Å². The number of carbonyl (C=O) groups excluding carboxylic acids is 1. The molecule has 0 N–H and O–H groups in total. The van der Waals surface area contributed by atoms with E-state index >= 15 is 0 Å². The molecule has 0 bridgehead atoms. The van der Waals surface area contributed by atoms with Gasteiger partial charge in [0.25, 0.3) is 0 Å². The molecule has 173 valence electrons. The number of allylic oxidation sites excluding steroid dienone is 4. The fraction of sp³-hybridized carbons (Fsp3) is 0.0968. The Bertz CT molecular complexity index is 1630. The molecule has 36 heavy (non-hydrogen) atoms. The van der Waals surface area contributed by atoms with E-state index in [0.717, 1.165) is 50.2 Å². The Kier molecular flexibility index (Phi) is 5.28. The summed E-state index contributed by atoms with van der Waals surface area (Å²) < 4.78 is 0. The first kappa shape index (κ1) is 21.7. The number of amides is 2. The van der Waals surface area contributed by atoms with Crippen molar-refractivity contribution in [2.75, 3.05) is 14.1 Å². The van der Waals surface area contributed by atoms with Gasteiger partial charge >= 0.3 is 6.03 Å². The molecule has 5 heteroatoms. The van der Waals surface area contributed by atoms with Crippen LogP contribution in [-0.2, 0) is 0 Å². The SMILES string of the molecule is CN1[N]C(c2ccc(-c3c4ccccc4c(C#CC4=CC=CC4)c4ccccc34)cc2)=NN(C)C1=O. The molecule has 2 aliphatic rings. The summed E-state index contributed by atoms with van der Waals surface area (Å²) in [6, 6.07) is 24.9. The smallest absolute Gasteiger partial charge is 0.244 e. The zero-order valence-electron chi connectivity index (χ0n) is 20.1. The highest BCUT2D eigenvalue weighted by Gasteiger charge is 2.24. The maximum Gasteiger partial charge on any atom is 0.360 e. The molecule has 4 aromatic rings. The van der Waals surface area contributed by atoms with Crippen molar-refractivity contribution in [1.82, 2.24) is 15.4 Å².